The van der Waals surface area contributed by atoms with Crippen molar-refractivity contribution in [2.75, 3.05) is 24.1 Å². The van der Waals surface area contributed by atoms with Crippen LogP contribution < -0.4 is 33.0 Å². The summed E-state index contributed by atoms with van der Waals surface area (Å²) in [6, 6.07) is 7.82. The molecule has 8 N–H and O–H groups in total. The Morgan fingerprint density at radius 2 is 1.71 bits per heavy atom. The number of aromatic amines is 1. The third-order valence-corrected chi connectivity index (χ3v) is 7.35. The number of H-pyrrole nitrogens is 1. The van der Waals surface area contributed by atoms with E-state index in [0.717, 1.165) is 31.4 Å². The van der Waals surface area contributed by atoms with Gasteiger partial charge in [0.2, 0.25) is 5.91 Å². The van der Waals surface area contributed by atoms with Crippen molar-refractivity contribution >= 4 is 45.9 Å². The number of pyridine rings is 1. The Bertz CT molecular complexity index is 1520. The fourth-order valence-corrected chi connectivity index (χ4v) is 4.67. The van der Waals surface area contributed by atoms with Crippen molar-refractivity contribution in [3.8, 4) is 0 Å². The van der Waals surface area contributed by atoms with Gasteiger partial charge in [-0.3, -0.25) is 29.0 Å². The van der Waals surface area contributed by atoms with Crippen LogP contribution in [0, 0.1) is 5.92 Å². The van der Waals surface area contributed by atoms with E-state index in [1.165, 1.54) is 0 Å². The largest absolute Gasteiger partial charge is 0.385 e. The maximum Gasteiger partial charge on any atom is 0.277 e. The minimum absolute atomic E-state index is 0.0161. The van der Waals surface area contributed by atoms with E-state index in [2.05, 4.69) is 30.9 Å². The molecule has 3 rings (SSSR count). The first-order valence-corrected chi connectivity index (χ1v) is 15.4. The molecule has 0 aliphatic carbocycles. The topological polar surface area (TPSA) is 215 Å². The summed E-state index contributed by atoms with van der Waals surface area (Å²) in [4.78, 5) is 72.9. The SMILES string of the molecule is C[C@H](CC(=O)CCCNC(=O)c1ccc(NCc2cnc3cc(N)[nH]c(=O)c3n2)cc1)C(=O)N[C@@H](C)C(=O)CCCCCCN. The summed E-state index contributed by atoms with van der Waals surface area (Å²) in [5.74, 6) is -1.00. The number of unbranched alkanes of at least 4 members (excludes halogenated alkanes) is 3. The summed E-state index contributed by atoms with van der Waals surface area (Å²) in [6.45, 7) is 4.62. The number of fused-ring (bicyclic) bond motifs is 1. The predicted octanol–water partition coefficient (Wildman–Crippen LogP) is 2.60. The zero-order valence-corrected chi connectivity index (χ0v) is 26.0. The van der Waals surface area contributed by atoms with Gasteiger partial charge in [0.15, 0.2) is 11.3 Å². The zero-order valence-electron chi connectivity index (χ0n) is 26.0. The van der Waals surface area contributed by atoms with Gasteiger partial charge in [-0.1, -0.05) is 19.8 Å². The number of carbonyl (C=O) groups excluding carboxylic acids is 4. The predicted molar refractivity (Wildman–Crippen MR) is 173 cm³/mol. The molecule has 0 radical (unpaired) electrons. The molecule has 1 aromatic carbocycles. The average Bonchev–Trinajstić information content (AvgIpc) is 3.02. The first-order chi connectivity index (χ1) is 21.6. The maximum atomic E-state index is 12.5. The van der Waals surface area contributed by atoms with Crippen LogP contribution in [-0.4, -0.2) is 57.5 Å². The molecule has 0 bridgehead atoms. The molecule has 0 aliphatic heterocycles. The normalized spacial score (nSPS) is 12.3. The summed E-state index contributed by atoms with van der Waals surface area (Å²) < 4.78 is 0. The van der Waals surface area contributed by atoms with Crippen molar-refractivity contribution in [3.63, 3.8) is 0 Å². The van der Waals surface area contributed by atoms with E-state index in [4.69, 9.17) is 11.5 Å². The van der Waals surface area contributed by atoms with Gasteiger partial charge in [0.25, 0.3) is 11.5 Å². The van der Waals surface area contributed by atoms with Crippen molar-refractivity contribution in [1.29, 1.82) is 0 Å². The van der Waals surface area contributed by atoms with Gasteiger partial charge in [-0.2, -0.15) is 0 Å². The number of anilines is 2. The molecule has 0 aliphatic rings. The van der Waals surface area contributed by atoms with Crippen molar-refractivity contribution in [2.24, 2.45) is 11.7 Å². The Hall–Kier alpha value is -4.65. The van der Waals surface area contributed by atoms with Crippen LogP contribution in [0.5, 0.6) is 0 Å². The highest BCUT2D eigenvalue weighted by molar-refractivity contribution is 5.94. The summed E-state index contributed by atoms with van der Waals surface area (Å²) >= 11 is 0. The Kier molecular flexibility index (Phi) is 13.6. The van der Waals surface area contributed by atoms with E-state index in [1.54, 1.807) is 50.4 Å². The number of nitrogens with zero attached hydrogens (tertiary/aromatic N) is 2. The lowest BCUT2D eigenvalue weighted by Gasteiger charge is -2.16. The number of carbonyl (C=O) groups is 4. The molecular formula is C32H44N8O5. The number of Topliss-reactive ketones (excluding diaryl/α,β-unsaturated/α-hetero) is 2. The lowest BCUT2D eigenvalue weighted by molar-refractivity contribution is -0.131. The number of hydrogen-bond donors (Lipinski definition) is 6. The summed E-state index contributed by atoms with van der Waals surface area (Å²) in [7, 11) is 0. The molecule has 0 fully saturated rings. The van der Waals surface area contributed by atoms with Crippen LogP contribution >= 0.6 is 0 Å². The molecule has 0 saturated heterocycles. The smallest absolute Gasteiger partial charge is 0.277 e. The van der Waals surface area contributed by atoms with Crippen LogP contribution in [0.4, 0.5) is 11.5 Å². The minimum atomic E-state index is -0.587. The molecule has 2 amide bonds. The quantitative estimate of drug-likeness (QED) is 0.108. The molecule has 2 heterocycles. The number of nitrogens with one attached hydrogen (secondary N) is 4. The highest BCUT2D eigenvalue weighted by Crippen LogP contribution is 2.13. The fraction of sp³-hybridized carbons (Fsp3) is 0.469. The van der Waals surface area contributed by atoms with Crippen molar-refractivity contribution in [1.82, 2.24) is 25.6 Å². The van der Waals surface area contributed by atoms with Gasteiger partial charge in [0.05, 0.1) is 30.0 Å². The van der Waals surface area contributed by atoms with E-state index in [0.29, 0.717) is 49.2 Å². The first-order valence-electron chi connectivity index (χ1n) is 15.4. The number of hydrogen-bond acceptors (Lipinski definition) is 10. The fourth-order valence-electron chi connectivity index (χ4n) is 4.67. The van der Waals surface area contributed by atoms with Gasteiger partial charge < -0.3 is 32.4 Å². The summed E-state index contributed by atoms with van der Waals surface area (Å²) in [5.41, 5.74) is 13.1. The van der Waals surface area contributed by atoms with Gasteiger partial charge in [-0.05, 0) is 57.0 Å². The number of amides is 2. The van der Waals surface area contributed by atoms with Crippen LogP contribution in [0.1, 0.15) is 81.3 Å². The van der Waals surface area contributed by atoms with E-state index in [9.17, 15) is 24.0 Å². The van der Waals surface area contributed by atoms with Gasteiger partial charge in [-0.15, -0.1) is 0 Å². The van der Waals surface area contributed by atoms with Crippen molar-refractivity contribution in [3.05, 3.63) is 58.1 Å². The number of nitrogen functional groups attached to an aromatic ring is 1. The number of aromatic nitrogens is 3. The second-order valence-corrected chi connectivity index (χ2v) is 11.2. The average molecular weight is 621 g/mol. The highest BCUT2D eigenvalue weighted by Gasteiger charge is 2.21. The van der Waals surface area contributed by atoms with Crippen molar-refractivity contribution < 1.29 is 19.2 Å². The number of rotatable bonds is 19. The van der Waals surface area contributed by atoms with Gasteiger partial charge in [-0.25, -0.2) is 4.98 Å². The second kappa shape index (κ2) is 17.6. The number of benzene rings is 1. The van der Waals surface area contributed by atoms with E-state index >= 15 is 0 Å². The molecule has 2 atom stereocenters. The lowest BCUT2D eigenvalue weighted by Crippen LogP contribution is -2.41. The summed E-state index contributed by atoms with van der Waals surface area (Å²) in [5, 5.41) is 8.71. The highest BCUT2D eigenvalue weighted by atomic mass is 16.2. The van der Waals surface area contributed by atoms with Gasteiger partial charge >= 0.3 is 0 Å². The molecule has 45 heavy (non-hydrogen) atoms. The Morgan fingerprint density at radius 3 is 2.44 bits per heavy atom. The number of ketones is 2. The number of nitrogens with two attached hydrogens (primary N) is 2. The van der Waals surface area contributed by atoms with Gasteiger partial charge in [0.1, 0.15) is 11.6 Å². The van der Waals surface area contributed by atoms with Crippen LogP contribution in [0.2, 0.25) is 0 Å². The third-order valence-electron chi connectivity index (χ3n) is 7.35. The third kappa shape index (κ3) is 11.4. The molecule has 0 spiro atoms. The molecule has 0 unspecified atom stereocenters. The van der Waals surface area contributed by atoms with Crippen molar-refractivity contribution in [2.45, 2.75) is 77.8 Å². The first kappa shape index (κ1) is 34.8. The maximum absolute atomic E-state index is 12.5. The molecule has 13 heteroatoms. The van der Waals surface area contributed by atoms with E-state index in [1.807, 2.05) is 0 Å². The summed E-state index contributed by atoms with van der Waals surface area (Å²) in [6.07, 6.45) is 6.37. The molecule has 0 saturated carbocycles. The Balaban J connectivity index is 1.33. The Morgan fingerprint density at radius 1 is 0.978 bits per heavy atom. The van der Waals surface area contributed by atoms with E-state index < -0.39 is 17.5 Å². The van der Waals surface area contributed by atoms with Crippen LogP contribution in [-0.2, 0) is 20.9 Å². The standard InChI is InChI=1S/C32H44N8O5/c1-20(30(43)38-21(2)27(42)9-5-3-4-6-14-33)16-25(41)8-7-15-35-31(44)22-10-12-23(13-11-22)36-18-24-19-37-26-17-28(34)40-32(45)29(26)39-24/h10-13,17,19-21,36H,3-9,14-16,18,33H2,1-2H3,(H,35,44)(H,38,43)(H3,34,40,45)/t20-,21+/m1/s1. The lowest BCUT2D eigenvalue weighted by atomic mass is 10.00. The monoisotopic (exact) mass is 620 g/mol. The Labute approximate surface area is 262 Å². The minimum Gasteiger partial charge on any atom is -0.385 e. The van der Waals surface area contributed by atoms with Crippen LogP contribution in [0.25, 0.3) is 11.0 Å². The van der Waals surface area contributed by atoms with Crippen LogP contribution in [0.3, 0.4) is 0 Å². The van der Waals surface area contributed by atoms with Gasteiger partial charge in [0, 0.05) is 49.0 Å². The van der Waals surface area contributed by atoms with E-state index in [-0.39, 0.29) is 47.6 Å². The van der Waals surface area contributed by atoms with Crippen LogP contribution in [0.15, 0.2) is 41.3 Å². The molecule has 242 valence electrons. The zero-order chi connectivity index (χ0) is 32.8. The molecule has 13 nitrogen and oxygen atoms in total. The second-order valence-electron chi connectivity index (χ2n) is 11.2. The molecule has 2 aromatic heterocycles. The molecular weight excluding hydrogens is 576 g/mol. The molecule has 3 aromatic rings.